The van der Waals surface area contributed by atoms with Crippen LogP contribution in [0.15, 0.2) is 48.5 Å². The molecule has 0 heterocycles. The van der Waals surface area contributed by atoms with Gasteiger partial charge in [-0.15, -0.1) is 0 Å². The summed E-state index contributed by atoms with van der Waals surface area (Å²) >= 11 is 0. The molecule has 3 heteroatoms. The molecule has 0 aromatic heterocycles. The minimum atomic E-state index is -0.989. The van der Waals surface area contributed by atoms with Crippen molar-refractivity contribution in [2.75, 3.05) is 0 Å². The fourth-order valence-corrected chi connectivity index (χ4v) is 2.12. The van der Waals surface area contributed by atoms with Crippen molar-refractivity contribution in [1.82, 2.24) is 0 Å². The minimum Gasteiger partial charge on any atom is -0.457 e. The van der Waals surface area contributed by atoms with Crippen LogP contribution in [0.25, 0.3) is 0 Å². The number of ether oxygens (including phenoxy) is 1. The third-order valence-corrected chi connectivity index (χ3v) is 3.52. The Balaban J connectivity index is 2.13. The second-order valence-electron chi connectivity index (χ2n) is 5.32. The van der Waals surface area contributed by atoms with Crippen LogP contribution in [-0.2, 0) is 5.60 Å². The summed E-state index contributed by atoms with van der Waals surface area (Å²) in [4.78, 5) is 0. The number of nitrogens with zero attached hydrogens (tertiary/aromatic N) is 1. The lowest BCUT2D eigenvalue weighted by molar-refractivity contribution is 0.0492. The maximum atomic E-state index is 10.3. The van der Waals surface area contributed by atoms with E-state index in [0.29, 0.717) is 12.8 Å². The fraction of sp³-hybridized carbons (Fsp3) is 0.278. The van der Waals surface area contributed by atoms with Crippen molar-refractivity contribution in [3.05, 3.63) is 59.7 Å². The van der Waals surface area contributed by atoms with Crippen molar-refractivity contribution >= 4 is 0 Å². The van der Waals surface area contributed by atoms with Gasteiger partial charge in [0.05, 0.1) is 11.7 Å². The molecule has 0 radical (unpaired) electrons. The van der Waals surface area contributed by atoms with Gasteiger partial charge >= 0.3 is 0 Å². The van der Waals surface area contributed by atoms with Crippen LogP contribution in [0.4, 0.5) is 0 Å². The van der Waals surface area contributed by atoms with Gasteiger partial charge in [0.15, 0.2) is 0 Å². The van der Waals surface area contributed by atoms with Gasteiger partial charge in [-0.2, -0.15) is 5.26 Å². The van der Waals surface area contributed by atoms with Crippen LogP contribution in [-0.4, -0.2) is 5.11 Å². The van der Waals surface area contributed by atoms with Gasteiger partial charge in [-0.1, -0.05) is 30.3 Å². The molecular weight excluding hydrogens is 262 g/mol. The highest BCUT2D eigenvalue weighted by Crippen LogP contribution is 2.29. The first-order valence-corrected chi connectivity index (χ1v) is 6.96. The van der Waals surface area contributed by atoms with Crippen LogP contribution < -0.4 is 4.74 Å². The topological polar surface area (TPSA) is 53.2 Å². The highest BCUT2D eigenvalue weighted by atomic mass is 16.5. The molecule has 1 unspecified atom stereocenters. The highest BCUT2D eigenvalue weighted by Gasteiger charge is 2.22. The van der Waals surface area contributed by atoms with Crippen molar-refractivity contribution < 1.29 is 9.84 Å². The Hall–Kier alpha value is -2.31. The lowest BCUT2D eigenvalue weighted by atomic mass is 9.91. The Morgan fingerprint density at radius 2 is 1.81 bits per heavy atom. The van der Waals surface area contributed by atoms with Crippen molar-refractivity contribution in [3.8, 4) is 17.6 Å². The first kappa shape index (κ1) is 15.1. The molecule has 2 aromatic carbocycles. The molecular formula is C18H19NO2. The second kappa shape index (κ2) is 6.43. The van der Waals surface area contributed by atoms with Crippen molar-refractivity contribution in [2.24, 2.45) is 0 Å². The lowest BCUT2D eigenvalue weighted by Gasteiger charge is -2.22. The van der Waals surface area contributed by atoms with E-state index in [4.69, 9.17) is 10.00 Å². The average molecular weight is 281 g/mol. The van der Waals surface area contributed by atoms with E-state index in [9.17, 15) is 5.11 Å². The summed E-state index contributed by atoms with van der Waals surface area (Å²) in [6.45, 7) is 3.72. The molecule has 0 aliphatic carbocycles. The highest BCUT2D eigenvalue weighted by molar-refractivity contribution is 5.38. The molecule has 0 fully saturated rings. The second-order valence-corrected chi connectivity index (χ2v) is 5.32. The molecule has 0 bridgehead atoms. The third-order valence-electron chi connectivity index (χ3n) is 3.52. The molecule has 0 saturated carbocycles. The molecule has 21 heavy (non-hydrogen) atoms. The third kappa shape index (κ3) is 3.84. The number of hydrogen-bond acceptors (Lipinski definition) is 3. The predicted molar refractivity (Wildman–Crippen MR) is 82.1 cm³/mol. The molecule has 0 aliphatic rings. The van der Waals surface area contributed by atoms with E-state index in [0.717, 1.165) is 22.6 Å². The van der Waals surface area contributed by atoms with Crippen molar-refractivity contribution in [3.63, 3.8) is 0 Å². The SMILES string of the molecule is Cc1ccccc1Oc1ccc(C(C)(O)CCC#N)cc1. The van der Waals surface area contributed by atoms with E-state index in [1.807, 2.05) is 55.5 Å². The van der Waals surface area contributed by atoms with E-state index in [2.05, 4.69) is 6.07 Å². The quantitative estimate of drug-likeness (QED) is 0.889. The lowest BCUT2D eigenvalue weighted by Crippen LogP contribution is -2.20. The molecule has 0 spiro atoms. The number of benzene rings is 2. The smallest absolute Gasteiger partial charge is 0.130 e. The van der Waals surface area contributed by atoms with E-state index in [1.165, 1.54) is 0 Å². The van der Waals surface area contributed by atoms with E-state index >= 15 is 0 Å². The van der Waals surface area contributed by atoms with Gasteiger partial charge in [-0.3, -0.25) is 0 Å². The van der Waals surface area contributed by atoms with Crippen LogP contribution in [0.1, 0.15) is 30.9 Å². The van der Waals surface area contributed by atoms with E-state index in [-0.39, 0.29) is 0 Å². The van der Waals surface area contributed by atoms with Gasteiger partial charge in [-0.25, -0.2) is 0 Å². The van der Waals surface area contributed by atoms with E-state index < -0.39 is 5.60 Å². The van der Waals surface area contributed by atoms with Gasteiger partial charge in [0.2, 0.25) is 0 Å². The number of aryl methyl sites for hydroxylation is 1. The van der Waals surface area contributed by atoms with Crippen molar-refractivity contribution in [2.45, 2.75) is 32.3 Å². The normalized spacial score (nSPS) is 13.2. The van der Waals surface area contributed by atoms with Gasteiger partial charge in [0.1, 0.15) is 11.5 Å². The van der Waals surface area contributed by atoms with Gasteiger partial charge < -0.3 is 9.84 Å². The first-order valence-electron chi connectivity index (χ1n) is 6.96. The number of para-hydroxylation sites is 1. The monoisotopic (exact) mass is 281 g/mol. The molecule has 3 nitrogen and oxygen atoms in total. The van der Waals surface area contributed by atoms with Gasteiger partial charge in [-0.05, 0) is 49.6 Å². The maximum Gasteiger partial charge on any atom is 0.130 e. The Morgan fingerprint density at radius 1 is 1.14 bits per heavy atom. The van der Waals surface area contributed by atoms with Gasteiger partial charge in [0.25, 0.3) is 0 Å². The first-order chi connectivity index (χ1) is 10.0. The number of nitriles is 1. The standard InChI is InChI=1S/C18H19NO2/c1-14-6-3-4-7-17(14)21-16-10-8-15(9-11-16)18(2,20)12-5-13-19/h3-4,6-11,20H,5,12H2,1-2H3. The summed E-state index contributed by atoms with van der Waals surface area (Å²) in [6, 6.07) is 17.2. The zero-order valence-electron chi connectivity index (χ0n) is 12.3. The number of aliphatic hydroxyl groups is 1. The largest absolute Gasteiger partial charge is 0.457 e. The number of hydrogen-bond donors (Lipinski definition) is 1. The Morgan fingerprint density at radius 3 is 2.43 bits per heavy atom. The Bertz CT molecular complexity index is 639. The summed E-state index contributed by atoms with van der Waals surface area (Å²) in [7, 11) is 0. The molecule has 1 N–H and O–H groups in total. The molecule has 1 atom stereocenters. The Kier molecular flexibility index (Phi) is 4.62. The molecule has 2 rings (SSSR count). The molecule has 2 aromatic rings. The predicted octanol–water partition coefficient (Wildman–Crippen LogP) is 4.30. The summed E-state index contributed by atoms with van der Waals surface area (Å²) in [5.41, 5.74) is 0.870. The molecule has 108 valence electrons. The summed E-state index contributed by atoms with van der Waals surface area (Å²) < 4.78 is 5.82. The summed E-state index contributed by atoms with van der Waals surface area (Å²) in [5, 5.41) is 19.0. The fourth-order valence-electron chi connectivity index (χ4n) is 2.12. The van der Waals surface area contributed by atoms with Crippen LogP contribution in [0, 0.1) is 18.3 Å². The van der Waals surface area contributed by atoms with Crippen molar-refractivity contribution in [1.29, 1.82) is 5.26 Å². The minimum absolute atomic E-state index is 0.328. The molecule has 0 amide bonds. The zero-order chi connectivity index (χ0) is 15.3. The van der Waals surface area contributed by atoms with Crippen LogP contribution in [0.3, 0.4) is 0 Å². The van der Waals surface area contributed by atoms with Gasteiger partial charge in [0, 0.05) is 6.42 Å². The van der Waals surface area contributed by atoms with Crippen LogP contribution >= 0.6 is 0 Å². The van der Waals surface area contributed by atoms with Crippen LogP contribution in [0.2, 0.25) is 0 Å². The van der Waals surface area contributed by atoms with Crippen LogP contribution in [0.5, 0.6) is 11.5 Å². The van der Waals surface area contributed by atoms with E-state index in [1.54, 1.807) is 6.92 Å². The Labute approximate surface area is 125 Å². The molecule has 0 saturated heterocycles. The summed E-state index contributed by atoms with van der Waals surface area (Å²) in [6.07, 6.45) is 0.746. The molecule has 0 aliphatic heterocycles. The average Bonchev–Trinajstić information content (AvgIpc) is 2.48. The maximum absolute atomic E-state index is 10.3. The summed E-state index contributed by atoms with van der Waals surface area (Å²) in [5.74, 6) is 1.55. The number of rotatable bonds is 5. The zero-order valence-corrected chi connectivity index (χ0v) is 12.3.